The molecule has 0 aliphatic rings. The molecule has 0 aromatic heterocycles. The second-order valence-electron chi connectivity index (χ2n) is 2.52. The normalized spacial score (nSPS) is 9.33. The zero-order chi connectivity index (χ0) is 8.69. The summed E-state index contributed by atoms with van der Waals surface area (Å²) in [7, 11) is 3.36. The van der Waals surface area contributed by atoms with E-state index in [0.29, 0.717) is 13.0 Å². The van der Waals surface area contributed by atoms with Gasteiger partial charge < -0.3 is 16.7 Å². The van der Waals surface area contributed by atoms with Gasteiger partial charge in [0.2, 0.25) is 0 Å². The first-order valence-electron chi connectivity index (χ1n) is 3.75. The van der Waals surface area contributed by atoms with E-state index in [1.165, 1.54) is 5.06 Å². The summed E-state index contributed by atoms with van der Waals surface area (Å²) in [6.45, 7) is 0.634. The molecule has 5 nitrogen and oxygen atoms in total. The van der Waals surface area contributed by atoms with Gasteiger partial charge in [0.25, 0.3) is 0 Å². The van der Waals surface area contributed by atoms with Crippen molar-refractivity contribution in [1.82, 2.24) is 11.2 Å². The molecule has 0 rings (SSSR count). The van der Waals surface area contributed by atoms with Crippen LogP contribution in [0.5, 0.6) is 0 Å². The van der Waals surface area contributed by atoms with Crippen LogP contribution in [0.4, 0.5) is 0 Å². The SMILES string of the molecule is CN(C)OC(=O)CCCCN.N. The minimum absolute atomic E-state index is 0. The number of hydrogen-bond donors (Lipinski definition) is 2. The first-order chi connectivity index (χ1) is 5.16. The Bertz CT molecular complexity index is 117. The monoisotopic (exact) mass is 177 g/mol. The van der Waals surface area contributed by atoms with Crippen molar-refractivity contribution in [2.45, 2.75) is 19.3 Å². The molecule has 0 aliphatic heterocycles. The van der Waals surface area contributed by atoms with Crippen molar-refractivity contribution in [2.75, 3.05) is 20.6 Å². The molecule has 0 saturated carbocycles. The summed E-state index contributed by atoms with van der Waals surface area (Å²) < 4.78 is 0. The quantitative estimate of drug-likeness (QED) is 0.465. The van der Waals surface area contributed by atoms with Crippen molar-refractivity contribution in [3.05, 3.63) is 0 Å². The molecule has 0 aliphatic carbocycles. The van der Waals surface area contributed by atoms with Crippen LogP contribution in [-0.2, 0) is 9.63 Å². The lowest BCUT2D eigenvalue weighted by molar-refractivity contribution is -0.178. The van der Waals surface area contributed by atoms with Crippen LogP contribution in [0.1, 0.15) is 19.3 Å². The average molecular weight is 177 g/mol. The smallest absolute Gasteiger partial charge is 0.325 e. The highest BCUT2D eigenvalue weighted by Gasteiger charge is 2.02. The summed E-state index contributed by atoms with van der Waals surface area (Å²) in [6.07, 6.45) is 2.14. The molecule has 5 heteroatoms. The van der Waals surface area contributed by atoms with E-state index < -0.39 is 0 Å². The van der Waals surface area contributed by atoms with Crippen LogP contribution in [0, 0.1) is 0 Å². The zero-order valence-corrected chi connectivity index (χ0v) is 7.88. The molecule has 12 heavy (non-hydrogen) atoms. The fourth-order valence-corrected chi connectivity index (χ4v) is 0.663. The topological polar surface area (TPSA) is 90.6 Å². The van der Waals surface area contributed by atoms with Crippen LogP contribution >= 0.6 is 0 Å². The van der Waals surface area contributed by atoms with E-state index in [0.717, 1.165) is 12.8 Å². The predicted molar refractivity (Wildman–Crippen MR) is 47.7 cm³/mol. The summed E-state index contributed by atoms with van der Waals surface area (Å²) in [4.78, 5) is 15.6. The number of carbonyl (C=O) groups is 1. The summed E-state index contributed by atoms with van der Waals surface area (Å²) in [5.74, 6) is -0.191. The molecular formula is C7H19N3O2. The molecule has 0 atom stereocenters. The molecule has 0 radical (unpaired) electrons. The molecule has 74 valence electrons. The Morgan fingerprint density at radius 3 is 2.42 bits per heavy atom. The fraction of sp³-hybridized carbons (Fsp3) is 0.857. The van der Waals surface area contributed by atoms with Crippen molar-refractivity contribution in [1.29, 1.82) is 0 Å². The average Bonchev–Trinajstić information content (AvgIpc) is 1.86. The molecule has 0 spiro atoms. The molecule has 0 heterocycles. The third kappa shape index (κ3) is 9.35. The van der Waals surface area contributed by atoms with Gasteiger partial charge in [0.15, 0.2) is 0 Å². The van der Waals surface area contributed by atoms with Gasteiger partial charge in [0.1, 0.15) is 0 Å². The number of unbranched alkanes of at least 4 members (excludes halogenated alkanes) is 1. The first-order valence-corrected chi connectivity index (χ1v) is 3.75. The molecule has 5 N–H and O–H groups in total. The van der Waals surface area contributed by atoms with E-state index in [4.69, 9.17) is 10.6 Å². The van der Waals surface area contributed by atoms with E-state index in [1.54, 1.807) is 14.1 Å². The van der Waals surface area contributed by atoms with Crippen LogP contribution in [0.15, 0.2) is 0 Å². The van der Waals surface area contributed by atoms with Crippen LogP contribution < -0.4 is 11.9 Å². The molecular weight excluding hydrogens is 158 g/mol. The van der Waals surface area contributed by atoms with Crippen molar-refractivity contribution in [2.24, 2.45) is 5.73 Å². The summed E-state index contributed by atoms with van der Waals surface area (Å²) in [5, 5.41) is 1.39. The Labute approximate surface area is 73.4 Å². The lowest BCUT2D eigenvalue weighted by atomic mass is 10.2. The van der Waals surface area contributed by atoms with Gasteiger partial charge in [-0.1, -0.05) is 0 Å². The van der Waals surface area contributed by atoms with Crippen molar-refractivity contribution < 1.29 is 9.63 Å². The fourth-order valence-electron chi connectivity index (χ4n) is 0.663. The van der Waals surface area contributed by atoms with E-state index in [-0.39, 0.29) is 12.1 Å². The molecule has 0 aromatic carbocycles. The molecule has 0 saturated heterocycles. The largest absolute Gasteiger partial charge is 0.369 e. The Morgan fingerprint density at radius 2 is 2.00 bits per heavy atom. The van der Waals surface area contributed by atoms with Crippen LogP contribution in [0.25, 0.3) is 0 Å². The number of rotatable bonds is 5. The van der Waals surface area contributed by atoms with Crippen molar-refractivity contribution in [3.63, 3.8) is 0 Å². The maximum Gasteiger partial charge on any atom is 0.325 e. The van der Waals surface area contributed by atoms with Crippen molar-refractivity contribution >= 4 is 5.97 Å². The number of hydroxylamine groups is 2. The zero-order valence-electron chi connectivity index (χ0n) is 7.88. The predicted octanol–water partition coefficient (Wildman–Crippen LogP) is 0.297. The molecule has 0 fully saturated rings. The molecule has 0 aromatic rings. The van der Waals surface area contributed by atoms with Gasteiger partial charge in [0.05, 0.1) is 0 Å². The third-order valence-electron chi connectivity index (χ3n) is 1.12. The summed E-state index contributed by atoms with van der Waals surface area (Å²) in [5.41, 5.74) is 5.25. The van der Waals surface area contributed by atoms with Gasteiger partial charge in [-0.2, -0.15) is 0 Å². The Morgan fingerprint density at radius 1 is 1.42 bits per heavy atom. The maximum absolute atomic E-state index is 10.8. The van der Waals surface area contributed by atoms with Crippen molar-refractivity contribution in [3.8, 4) is 0 Å². The van der Waals surface area contributed by atoms with Crippen LogP contribution in [-0.4, -0.2) is 31.7 Å². The number of hydrogen-bond acceptors (Lipinski definition) is 5. The lowest BCUT2D eigenvalue weighted by Gasteiger charge is -2.08. The van der Waals surface area contributed by atoms with Gasteiger partial charge in [0, 0.05) is 20.5 Å². The standard InChI is InChI=1S/C7H16N2O2.H3N/c1-9(2)11-7(10)5-3-4-6-8;/h3-6,8H2,1-2H3;1H3. The lowest BCUT2D eigenvalue weighted by Crippen LogP contribution is -2.18. The summed E-state index contributed by atoms with van der Waals surface area (Å²) in [6, 6.07) is 0. The Kier molecular flexibility index (Phi) is 9.79. The highest BCUT2D eigenvalue weighted by Crippen LogP contribution is 1.96. The molecule has 0 amide bonds. The second-order valence-corrected chi connectivity index (χ2v) is 2.52. The van der Waals surface area contributed by atoms with Gasteiger partial charge in [-0.05, 0) is 19.4 Å². The number of nitrogens with two attached hydrogens (primary N) is 1. The third-order valence-corrected chi connectivity index (χ3v) is 1.12. The highest BCUT2D eigenvalue weighted by molar-refractivity contribution is 5.68. The van der Waals surface area contributed by atoms with Gasteiger partial charge in [-0.25, -0.2) is 0 Å². The van der Waals surface area contributed by atoms with E-state index in [9.17, 15) is 4.79 Å². The minimum Gasteiger partial charge on any atom is -0.369 e. The van der Waals surface area contributed by atoms with Gasteiger partial charge >= 0.3 is 5.97 Å². The van der Waals surface area contributed by atoms with E-state index in [2.05, 4.69) is 0 Å². The van der Waals surface area contributed by atoms with E-state index >= 15 is 0 Å². The molecule has 0 bridgehead atoms. The van der Waals surface area contributed by atoms with E-state index in [1.807, 2.05) is 0 Å². The van der Waals surface area contributed by atoms with Gasteiger partial charge in [-0.15, -0.1) is 5.06 Å². The van der Waals surface area contributed by atoms with Gasteiger partial charge in [-0.3, -0.25) is 4.79 Å². The first kappa shape index (κ1) is 13.9. The maximum atomic E-state index is 10.8. The Balaban J connectivity index is 0. The van der Waals surface area contributed by atoms with Crippen LogP contribution in [0.3, 0.4) is 0 Å². The Hall–Kier alpha value is -0.650. The van der Waals surface area contributed by atoms with Crippen LogP contribution in [0.2, 0.25) is 0 Å². The second kappa shape index (κ2) is 8.45. The number of nitrogens with zero attached hydrogens (tertiary/aromatic N) is 1. The highest BCUT2D eigenvalue weighted by atomic mass is 16.7. The summed E-state index contributed by atoms with van der Waals surface area (Å²) >= 11 is 0. The molecule has 0 unspecified atom stereocenters. The number of carbonyl (C=O) groups excluding carboxylic acids is 1. The minimum atomic E-state index is -0.191.